The molecule has 18 heavy (non-hydrogen) atoms. The van der Waals surface area contributed by atoms with Crippen molar-refractivity contribution in [3.8, 4) is 5.75 Å². The van der Waals surface area contributed by atoms with Gasteiger partial charge in [-0.05, 0) is 25.0 Å². The van der Waals surface area contributed by atoms with Crippen LogP contribution < -0.4 is 5.32 Å². The van der Waals surface area contributed by atoms with E-state index in [4.69, 9.17) is 0 Å². The van der Waals surface area contributed by atoms with Gasteiger partial charge in [0.1, 0.15) is 22.7 Å². The smallest absolute Gasteiger partial charge is 0.411 e. The number of amides is 1. The zero-order chi connectivity index (χ0) is 13.6. The van der Waals surface area contributed by atoms with Crippen LogP contribution in [-0.2, 0) is 0 Å². The Morgan fingerprint density at radius 2 is 1.94 bits per heavy atom. The van der Waals surface area contributed by atoms with Gasteiger partial charge in [0.05, 0.1) is 0 Å². The molecule has 1 fully saturated rings. The molecule has 1 aliphatic rings. The van der Waals surface area contributed by atoms with Gasteiger partial charge in [0.15, 0.2) is 0 Å². The van der Waals surface area contributed by atoms with E-state index in [-0.39, 0.29) is 12.8 Å². The van der Waals surface area contributed by atoms with Gasteiger partial charge < -0.3 is 10.4 Å². The molecule has 7 heteroatoms. The minimum atomic E-state index is -4.58. The third kappa shape index (κ3) is 2.00. The maximum atomic E-state index is 13.3. The Morgan fingerprint density at radius 3 is 2.39 bits per heavy atom. The predicted molar refractivity (Wildman–Crippen MR) is 53.6 cm³/mol. The molecule has 0 atom stereocenters. The highest BCUT2D eigenvalue weighted by Crippen LogP contribution is 2.49. The minimum Gasteiger partial charge on any atom is -0.507 e. The fourth-order valence-corrected chi connectivity index (χ4v) is 1.62. The third-order valence-corrected chi connectivity index (χ3v) is 2.86. The standard InChI is InChI=1S/C11H9F4NO2/c12-6-2-1-3-7(17)8(6)9(18)16-10(4-5-10)11(13,14)15/h1-3,17H,4-5H2,(H,16,18). The summed E-state index contributed by atoms with van der Waals surface area (Å²) in [6.07, 6.45) is -5.06. The lowest BCUT2D eigenvalue weighted by Crippen LogP contribution is -2.48. The quantitative estimate of drug-likeness (QED) is 0.805. The lowest BCUT2D eigenvalue weighted by molar-refractivity contribution is -0.163. The van der Waals surface area contributed by atoms with Crippen molar-refractivity contribution in [3.05, 3.63) is 29.6 Å². The van der Waals surface area contributed by atoms with Gasteiger partial charge in [0.2, 0.25) is 0 Å². The first-order valence-electron chi connectivity index (χ1n) is 5.13. The van der Waals surface area contributed by atoms with Crippen LogP contribution in [0, 0.1) is 5.82 Å². The molecule has 1 aliphatic carbocycles. The van der Waals surface area contributed by atoms with Crippen molar-refractivity contribution in [2.24, 2.45) is 0 Å². The highest BCUT2D eigenvalue weighted by atomic mass is 19.4. The molecule has 0 radical (unpaired) electrons. The summed E-state index contributed by atoms with van der Waals surface area (Å²) in [4.78, 5) is 11.6. The van der Waals surface area contributed by atoms with Gasteiger partial charge in [0.25, 0.3) is 5.91 Å². The van der Waals surface area contributed by atoms with Gasteiger partial charge in [-0.25, -0.2) is 4.39 Å². The van der Waals surface area contributed by atoms with E-state index < -0.39 is 34.8 Å². The Balaban J connectivity index is 2.24. The second-order valence-electron chi connectivity index (χ2n) is 4.17. The SMILES string of the molecule is O=C(NC1(C(F)(F)F)CC1)c1c(O)cccc1F. The first-order chi connectivity index (χ1) is 8.27. The lowest BCUT2D eigenvalue weighted by atomic mass is 10.1. The monoisotopic (exact) mass is 263 g/mol. The molecule has 1 amide bonds. The molecular formula is C11H9F4NO2. The van der Waals surface area contributed by atoms with E-state index in [1.54, 1.807) is 5.32 Å². The summed E-state index contributed by atoms with van der Waals surface area (Å²) in [6, 6.07) is 3.07. The number of aromatic hydroxyl groups is 1. The molecule has 1 aromatic rings. The highest BCUT2D eigenvalue weighted by molar-refractivity contribution is 5.97. The number of hydrogen-bond acceptors (Lipinski definition) is 2. The van der Waals surface area contributed by atoms with Crippen LogP contribution in [0.5, 0.6) is 5.75 Å². The molecule has 1 aromatic carbocycles. The van der Waals surface area contributed by atoms with Crippen LogP contribution in [-0.4, -0.2) is 22.7 Å². The Hall–Kier alpha value is -1.79. The molecule has 0 heterocycles. The molecule has 0 aliphatic heterocycles. The molecule has 2 rings (SSSR count). The average molecular weight is 263 g/mol. The molecule has 2 N–H and O–H groups in total. The van der Waals surface area contributed by atoms with Crippen LogP contribution in [0.25, 0.3) is 0 Å². The fraction of sp³-hybridized carbons (Fsp3) is 0.364. The molecule has 0 aromatic heterocycles. The van der Waals surface area contributed by atoms with Crippen LogP contribution >= 0.6 is 0 Å². The van der Waals surface area contributed by atoms with E-state index in [1.807, 2.05) is 0 Å². The number of rotatable bonds is 2. The summed E-state index contributed by atoms with van der Waals surface area (Å²) in [5.41, 5.74) is -3.05. The van der Waals surface area contributed by atoms with Gasteiger partial charge in [-0.2, -0.15) is 13.2 Å². The topological polar surface area (TPSA) is 49.3 Å². The van der Waals surface area contributed by atoms with Crippen molar-refractivity contribution in [2.75, 3.05) is 0 Å². The molecule has 0 unspecified atom stereocenters. The van der Waals surface area contributed by atoms with E-state index in [1.165, 1.54) is 0 Å². The zero-order valence-corrected chi connectivity index (χ0v) is 9.01. The summed E-state index contributed by atoms with van der Waals surface area (Å²) in [5, 5.41) is 11.0. The first-order valence-corrected chi connectivity index (χ1v) is 5.13. The summed E-state index contributed by atoms with van der Waals surface area (Å²) in [6.45, 7) is 0. The van der Waals surface area contributed by atoms with Crippen molar-refractivity contribution < 1.29 is 27.5 Å². The number of benzene rings is 1. The lowest BCUT2D eigenvalue weighted by Gasteiger charge is -2.21. The average Bonchev–Trinajstić information content (AvgIpc) is 2.97. The molecular weight excluding hydrogens is 254 g/mol. The third-order valence-electron chi connectivity index (χ3n) is 2.86. The molecule has 0 saturated heterocycles. The van der Waals surface area contributed by atoms with Crippen LogP contribution in [0.4, 0.5) is 17.6 Å². The number of halogens is 4. The van der Waals surface area contributed by atoms with Gasteiger partial charge >= 0.3 is 6.18 Å². The predicted octanol–water partition coefficient (Wildman–Crippen LogP) is 2.36. The Kier molecular flexibility index (Phi) is 2.71. The van der Waals surface area contributed by atoms with Crippen molar-refractivity contribution in [3.63, 3.8) is 0 Å². The number of nitrogens with one attached hydrogen (secondary N) is 1. The van der Waals surface area contributed by atoms with Gasteiger partial charge in [-0.15, -0.1) is 0 Å². The number of alkyl halides is 3. The summed E-state index contributed by atoms with van der Waals surface area (Å²) < 4.78 is 51.1. The molecule has 0 bridgehead atoms. The minimum absolute atomic E-state index is 0.239. The van der Waals surface area contributed by atoms with Crippen molar-refractivity contribution in [2.45, 2.75) is 24.6 Å². The maximum absolute atomic E-state index is 13.3. The Labute approximate surface area is 99.4 Å². The van der Waals surface area contributed by atoms with E-state index in [9.17, 15) is 27.5 Å². The first kappa shape index (κ1) is 12.7. The van der Waals surface area contributed by atoms with E-state index in [2.05, 4.69) is 0 Å². The maximum Gasteiger partial charge on any atom is 0.411 e. The fourth-order valence-electron chi connectivity index (χ4n) is 1.62. The summed E-state index contributed by atoms with van der Waals surface area (Å²) in [5.74, 6) is -3.02. The van der Waals surface area contributed by atoms with Crippen molar-refractivity contribution in [1.82, 2.24) is 5.32 Å². The molecule has 0 spiro atoms. The number of hydrogen-bond donors (Lipinski definition) is 2. The van der Waals surface area contributed by atoms with E-state index in [0.717, 1.165) is 18.2 Å². The van der Waals surface area contributed by atoms with Crippen molar-refractivity contribution >= 4 is 5.91 Å². The number of carbonyl (C=O) groups is 1. The van der Waals surface area contributed by atoms with E-state index >= 15 is 0 Å². The zero-order valence-electron chi connectivity index (χ0n) is 9.01. The Morgan fingerprint density at radius 1 is 1.33 bits per heavy atom. The van der Waals surface area contributed by atoms with Gasteiger partial charge in [-0.1, -0.05) is 6.07 Å². The number of phenols is 1. The molecule has 98 valence electrons. The van der Waals surface area contributed by atoms with Crippen LogP contribution in [0.2, 0.25) is 0 Å². The normalized spacial score (nSPS) is 17.3. The number of carbonyl (C=O) groups excluding carboxylic acids is 1. The van der Waals surface area contributed by atoms with Crippen LogP contribution in [0.1, 0.15) is 23.2 Å². The second kappa shape index (κ2) is 3.86. The van der Waals surface area contributed by atoms with Crippen LogP contribution in [0.3, 0.4) is 0 Å². The van der Waals surface area contributed by atoms with Crippen molar-refractivity contribution in [1.29, 1.82) is 0 Å². The van der Waals surface area contributed by atoms with Gasteiger partial charge in [0, 0.05) is 0 Å². The van der Waals surface area contributed by atoms with Crippen LogP contribution in [0.15, 0.2) is 18.2 Å². The summed E-state index contributed by atoms with van der Waals surface area (Å²) in [7, 11) is 0. The van der Waals surface area contributed by atoms with Gasteiger partial charge in [-0.3, -0.25) is 4.79 Å². The summed E-state index contributed by atoms with van der Waals surface area (Å²) >= 11 is 0. The highest BCUT2D eigenvalue weighted by Gasteiger charge is 2.64. The largest absolute Gasteiger partial charge is 0.507 e. The molecule has 1 saturated carbocycles. The Bertz CT molecular complexity index is 474. The second-order valence-corrected chi connectivity index (χ2v) is 4.17. The molecule has 3 nitrogen and oxygen atoms in total. The number of phenolic OH excluding ortho intramolecular Hbond substituents is 1. The van der Waals surface area contributed by atoms with E-state index in [0.29, 0.717) is 0 Å².